The van der Waals surface area contributed by atoms with E-state index in [1.165, 1.54) is 12.7 Å². The number of hydrogen-bond donors (Lipinski definition) is 2. The first-order valence-corrected chi connectivity index (χ1v) is 10.4. The molecular formula is C24H30ClN5O3. The van der Waals surface area contributed by atoms with Crippen molar-refractivity contribution in [2.75, 3.05) is 29.6 Å². The van der Waals surface area contributed by atoms with E-state index < -0.39 is 0 Å². The highest BCUT2D eigenvalue weighted by atomic mass is 35.5. The molecule has 3 N–H and O–H groups in total. The van der Waals surface area contributed by atoms with Crippen LogP contribution in [0.4, 0.5) is 17.1 Å². The number of nitrogens with one attached hydrogen (secondary N) is 1. The second kappa shape index (κ2) is 11.9. The molecule has 0 aliphatic carbocycles. The van der Waals surface area contributed by atoms with Gasteiger partial charge in [-0.25, -0.2) is 4.98 Å². The summed E-state index contributed by atoms with van der Waals surface area (Å²) in [5, 5.41) is 2.95. The molecule has 0 atom stereocenters. The van der Waals surface area contributed by atoms with Gasteiger partial charge < -0.3 is 25.3 Å². The Morgan fingerprint density at radius 1 is 1.18 bits per heavy atom. The predicted molar refractivity (Wildman–Crippen MR) is 133 cm³/mol. The molecule has 3 rings (SSSR count). The molecule has 1 amide bonds. The second-order valence-electron chi connectivity index (χ2n) is 7.89. The fourth-order valence-corrected chi connectivity index (χ4v) is 3.27. The van der Waals surface area contributed by atoms with Crippen molar-refractivity contribution in [1.29, 1.82) is 0 Å². The normalized spacial score (nSPS) is 10.4. The van der Waals surface area contributed by atoms with E-state index in [0.29, 0.717) is 23.8 Å². The third-order valence-corrected chi connectivity index (χ3v) is 5.01. The molecule has 2 aromatic carbocycles. The van der Waals surface area contributed by atoms with Gasteiger partial charge >= 0.3 is 5.97 Å². The van der Waals surface area contributed by atoms with Gasteiger partial charge in [-0.3, -0.25) is 9.59 Å². The van der Waals surface area contributed by atoms with Gasteiger partial charge in [-0.05, 0) is 41.8 Å². The van der Waals surface area contributed by atoms with Crippen molar-refractivity contribution < 1.29 is 14.3 Å². The summed E-state index contributed by atoms with van der Waals surface area (Å²) < 4.78 is 6.34. The number of anilines is 3. The smallest absolute Gasteiger partial charge is 0.325 e. The van der Waals surface area contributed by atoms with E-state index in [9.17, 15) is 9.59 Å². The molecular weight excluding hydrogens is 442 g/mol. The maximum absolute atomic E-state index is 12.8. The largest absolute Gasteiger partial charge is 0.468 e. The maximum atomic E-state index is 12.8. The molecule has 0 aliphatic rings. The zero-order valence-corrected chi connectivity index (χ0v) is 19.8. The second-order valence-corrected chi connectivity index (χ2v) is 7.89. The third-order valence-electron chi connectivity index (χ3n) is 5.01. The zero-order chi connectivity index (χ0) is 23.1. The van der Waals surface area contributed by atoms with Crippen LogP contribution in [-0.2, 0) is 27.4 Å². The quantitative estimate of drug-likeness (QED) is 0.363. The molecule has 0 unspecified atom stereocenters. The Bertz CT molecular complexity index is 1070. The van der Waals surface area contributed by atoms with Crippen molar-refractivity contribution in [2.45, 2.75) is 32.9 Å². The first-order valence-electron chi connectivity index (χ1n) is 10.4. The Morgan fingerprint density at radius 2 is 1.91 bits per heavy atom. The number of nitrogen functional groups attached to an aromatic ring is 1. The number of aromatic nitrogens is 2. The van der Waals surface area contributed by atoms with Crippen LogP contribution in [0.15, 0.2) is 61.1 Å². The number of carbonyl (C=O) groups is 2. The van der Waals surface area contributed by atoms with Crippen molar-refractivity contribution in [2.24, 2.45) is 0 Å². The van der Waals surface area contributed by atoms with Crippen molar-refractivity contribution >= 4 is 41.3 Å². The minimum absolute atomic E-state index is 0. The maximum Gasteiger partial charge on any atom is 0.325 e. The molecule has 3 aromatic rings. The van der Waals surface area contributed by atoms with Crippen LogP contribution in [0.25, 0.3) is 0 Å². The predicted octanol–water partition coefficient (Wildman–Crippen LogP) is 3.83. The van der Waals surface area contributed by atoms with Crippen LogP contribution in [0.5, 0.6) is 0 Å². The van der Waals surface area contributed by atoms with Gasteiger partial charge in [0, 0.05) is 23.3 Å². The van der Waals surface area contributed by atoms with Crippen LogP contribution in [-0.4, -0.2) is 35.1 Å². The summed E-state index contributed by atoms with van der Waals surface area (Å²) in [7, 11) is 1.34. The third kappa shape index (κ3) is 7.54. The van der Waals surface area contributed by atoms with Gasteiger partial charge in [-0.1, -0.05) is 32.0 Å². The number of carbonyl (C=O) groups excluding carboxylic acids is 2. The highest BCUT2D eigenvalue weighted by Crippen LogP contribution is 2.21. The van der Waals surface area contributed by atoms with Gasteiger partial charge in [0.15, 0.2) is 0 Å². The highest BCUT2D eigenvalue weighted by molar-refractivity contribution is 5.94. The van der Waals surface area contributed by atoms with Gasteiger partial charge in [0.25, 0.3) is 0 Å². The van der Waals surface area contributed by atoms with Crippen molar-refractivity contribution in [3.63, 3.8) is 0 Å². The van der Waals surface area contributed by atoms with Gasteiger partial charge in [0.05, 0.1) is 32.2 Å². The lowest BCUT2D eigenvalue weighted by Crippen LogP contribution is -2.33. The topological polar surface area (TPSA) is 102 Å². The van der Waals surface area contributed by atoms with Crippen LogP contribution >= 0.6 is 12.4 Å². The molecule has 0 aliphatic heterocycles. The Kier molecular flexibility index (Phi) is 9.30. The lowest BCUT2D eigenvalue weighted by atomic mass is 10.0. The lowest BCUT2D eigenvalue weighted by molar-refractivity contribution is -0.141. The molecule has 176 valence electrons. The SMILES string of the molecule is COC(=O)Cn1cnc(CN(CC(=O)Nc2ccc(C(C)C)cc2)c2cccc(N)c2)c1.Cl. The molecule has 0 saturated heterocycles. The van der Waals surface area contributed by atoms with Gasteiger partial charge in [0.2, 0.25) is 5.91 Å². The summed E-state index contributed by atoms with van der Waals surface area (Å²) in [5.41, 5.74) is 10.0. The number of methoxy groups -OCH3 is 1. The fourth-order valence-electron chi connectivity index (χ4n) is 3.27. The number of rotatable bonds is 9. The standard InChI is InChI=1S/C24H29N5O3.ClH/c1-17(2)18-7-9-20(10-8-18)27-23(30)14-29(22-6-4-5-19(25)11-22)13-21-12-28(16-26-21)15-24(31)32-3;/h4-12,16-17H,13-15,25H2,1-3H3,(H,27,30);1H. The summed E-state index contributed by atoms with van der Waals surface area (Å²) in [4.78, 5) is 30.6. The van der Waals surface area contributed by atoms with Crippen LogP contribution in [0.1, 0.15) is 31.0 Å². The molecule has 0 radical (unpaired) electrons. The average Bonchev–Trinajstić information content (AvgIpc) is 3.20. The van der Waals surface area contributed by atoms with E-state index in [0.717, 1.165) is 11.4 Å². The minimum atomic E-state index is -0.357. The number of amides is 1. The Hall–Kier alpha value is -3.52. The molecule has 1 heterocycles. The zero-order valence-electron chi connectivity index (χ0n) is 19.0. The van der Waals surface area contributed by atoms with E-state index in [1.54, 1.807) is 23.2 Å². The Labute approximate surface area is 200 Å². The number of imidazole rings is 1. The molecule has 0 saturated carbocycles. The van der Waals surface area contributed by atoms with Gasteiger partial charge in [-0.2, -0.15) is 0 Å². The number of nitrogens with two attached hydrogens (primary N) is 1. The first-order chi connectivity index (χ1) is 15.3. The summed E-state index contributed by atoms with van der Waals surface area (Å²) in [6, 6.07) is 15.2. The van der Waals surface area contributed by atoms with Gasteiger partial charge in [0.1, 0.15) is 6.54 Å². The highest BCUT2D eigenvalue weighted by Gasteiger charge is 2.15. The van der Waals surface area contributed by atoms with Crippen LogP contribution < -0.4 is 16.0 Å². The van der Waals surface area contributed by atoms with E-state index in [1.807, 2.05) is 47.4 Å². The number of ether oxygens (including phenoxy) is 1. The number of esters is 1. The minimum Gasteiger partial charge on any atom is -0.468 e. The first kappa shape index (κ1) is 25.7. The average molecular weight is 472 g/mol. The van der Waals surface area contributed by atoms with Crippen LogP contribution in [0, 0.1) is 0 Å². The summed E-state index contributed by atoms with van der Waals surface area (Å²) in [5.74, 6) is -0.0824. The van der Waals surface area contributed by atoms with E-state index in [2.05, 4.69) is 24.1 Å². The summed E-state index contributed by atoms with van der Waals surface area (Å²) in [6.45, 7) is 4.82. The van der Waals surface area contributed by atoms with Gasteiger partial charge in [-0.15, -0.1) is 12.4 Å². The van der Waals surface area contributed by atoms with E-state index in [4.69, 9.17) is 10.5 Å². The molecule has 0 bridgehead atoms. The van der Waals surface area contributed by atoms with E-state index >= 15 is 0 Å². The molecule has 1 aromatic heterocycles. The van der Waals surface area contributed by atoms with E-state index in [-0.39, 0.29) is 37.4 Å². The number of halogens is 1. The molecule has 0 fully saturated rings. The number of benzene rings is 2. The summed E-state index contributed by atoms with van der Waals surface area (Å²) in [6.07, 6.45) is 3.33. The molecule has 9 heteroatoms. The lowest BCUT2D eigenvalue weighted by Gasteiger charge is -2.24. The molecule has 33 heavy (non-hydrogen) atoms. The Balaban J connectivity index is 0.00000385. The van der Waals surface area contributed by atoms with Crippen molar-refractivity contribution in [3.05, 3.63) is 72.3 Å². The fraction of sp³-hybridized carbons (Fsp3) is 0.292. The molecule has 0 spiro atoms. The Morgan fingerprint density at radius 3 is 2.55 bits per heavy atom. The van der Waals surface area contributed by atoms with Crippen LogP contribution in [0.2, 0.25) is 0 Å². The number of hydrogen-bond acceptors (Lipinski definition) is 6. The van der Waals surface area contributed by atoms with Crippen LogP contribution in [0.3, 0.4) is 0 Å². The number of nitrogens with zero attached hydrogens (tertiary/aromatic N) is 3. The van der Waals surface area contributed by atoms with Crippen molar-refractivity contribution in [3.8, 4) is 0 Å². The monoisotopic (exact) mass is 471 g/mol. The van der Waals surface area contributed by atoms with Crippen molar-refractivity contribution in [1.82, 2.24) is 9.55 Å². The summed E-state index contributed by atoms with van der Waals surface area (Å²) >= 11 is 0. The molecule has 8 nitrogen and oxygen atoms in total.